The summed E-state index contributed by atoms with van der Waals surface area (Å²) in [7, 11) is -10.9. The second kappa shape index (κ2) is 38.4. The average molecular weight is 1030 g/mol. The summed E-state index contributed by atoms with van der Waals surface area (Å²) in [6, 6.07) is 1.25. The molecule has 7 atom stereocenters. The zero-order valence-corrected chi connectivity index (χ0v) is 43.6. The number of carbonyl (C=O) groups is 2. The van der Waals surface area contributed by atoms with Gasteiger partial charge in [0.15, 0.2) is 12.3 Å². The highest BCUT2D eigenvalue weighted by Crippen LogP contribution is 2.60. The van der Waals surface area contributed by atoms with E-state index in [1.54, 1.807) is 0 Å². The number of carbonyl (C=O) groups excluding carboxylic acids is 2. The van der Waals surface area contributed by atoms with Crippen molar-refractivity contribution in [3.05, 3.63) is 71.4 Å². The first-order valence-corrected chi connectivity index (χ1v) is 28.6. The number of hydrogen-bond acceptors (Lipinski definition) is 15. The molecule has 1 saturated heterocycles. The number of nitrogens with zero attached hydrogens (tertiary/aromatic N) is 2. The second-order valence-corrected chi connectivity index (χ2v) is 20.7. The largest absolute Gasteiger partial charge is 0.481 e. The molecule has 0 aliphatic carbocycles. The van der Waals surface area contributed by atoms with Gasteiger partial charge in [0.2, 0.25) is 0 Å². The number of phosphoric acid groups is 2. The molecule has 1 fully saturated rings. The van der Waals surface area contributed by atoms with E-state index < -0.39 is 83.7 Å². The normalized spacial score (nSPS) is 19.6. The summed E-state index contributed by atoms with van der Waals surface area (Å²) in [6.45, 7) is 2.03. The van der Waals surface area contributed by atoms with Gasteiger partial charge in [-0.3, -0.25) is 23.2 Å². The smallest absolute Gasteiger partial charge is 0.462 e. The number of anilines is 1. The summed E-state index contributed by atoms with van der Waals surface area (Å²) >= 11 is 0. The number of aliphatic hydroxyl groups excluding tert-OH is 2. The molecule has 0 aromatic carbocycles. The second-order valence-electron chi connectivity index (χ2n) is 17.6. The minimum Gasteiger partial charge on any atom is -0.462 e. The van der Waals surface area contributed by atoms with E-state index in [0.717, 1.165) is 87.8 Å². The lowest BCUT2D eigenvalue weighted by Gasteiger charge is -2.21. The van der Waals surface area contributed by atoms with E-state index in [2.05, 4.69) is 71.8 Å². The molecular weight excluding hydrogens is 945 g/mol. The summed E-state index contributed by atoms with van der Waals surface area (Å²) < 4.78 is 56.8. The summed E-state index contributed by atoms with van der Waals surface area (Å²) in [6.07, 6.45) is 36.1. The van der Waals surface area contributed by atoms with Gasteiger partial charge in [-0.05, 0) is 57.4 Å². The Morgan fingerprint density at radius 3 is 1.76 bits per heavy atom. The van der Waals surface area contributed by atoms with Gasteiger partial charge in [-0.2, -0.15) is 9.29 Å². The first-order valence-electron chi connectivity index (χ1n) is 25.6. The molecule has 6 N–H and O–H groups in total. The maximum Gasteiger partial charge on any atom is 0.481 e. The fourth-order valence-corrected chi connectivity index (χ4v) is 9.59. The van der Waals surface area contributed by atoms with Gasteiger partial charge in [-0.15, -0.1) is 0 Å². The lowest BCUT2D eigenvalue weighted by molar-refractivity contribution is -0.161. The van der Waals surface area contributed by atoms with E-state index in [9.17, 15) is 43.5 Å². The van der Waals surface area contributed by atoms with E-state index in [1.807, 2.05) is 0 Å². The zero-order valence-electron chi connectivity index (χ0n) is 41.8. The number of hydrogen-bond donors (Lipinski definition) is 5. The fraction of sp³-hybridized carbons (Fsp3) is 0.720. The van der Waals surface area contributed by atoms with Crippen LogP contribution in [0, 0.1) is 0 Å². The Hall–Kier alpha value is -3.28. The summed E-state index contributed by atoms with van der Waals surface area (Å²) in [4.78, 5) is 61.9. The van der Waals surface area contributed by atoms with Crippen LogP contribution in [0.1, 0.15) is 187 Å². The maximum atomic E-state index is 12.9. The van der Waals surface area contributed by atoms with Crippen LogP contribution in [-0.4, -0.2) is 85.7 Å². The zero-order chi connectivity index (χ0) is 51.3. The van der Waals surface area contributed by atoms with Gasteiger partial charge in [0.05, 0.1) is 13.2 Å². The number of aromatic nitrogens is 2. The van der Waals surface area contributed by atoms with Crippen LogP contribution >= 0.6 is 15.6 Å². The van der Waals surface area contributed by atoms with Gasteiger partial charge >= 0.3 is 33.3 Å². The maximum absolute atomic E-state index is 12.9. The quantitative estimate of drug-likeness (QED) is 0.0176. The third-order valence-corrected chi connectivity index (χ3v) is 14.0. The summed E-state index contributed by atoms with van der Waals surface area (Å²) in [5.41, 5.74) is 4.59. The van der Waals surface area contributed by atoms with Crippen molar-refractivity contribution >= 4 is 33.4 Å². The number of nitrogens with two attached hydrogens (primary N) is 1. The van der Waals surface area contributed by atoms with Gasteiger partial charge < -0.3 is 39.9 Å². The molecule has 20 heteroatoms. The van der Waals surface area contributed by atoms with Crippen molar-refractivity contribution in [3.8, 4) is 0 Å². The lowest BCUT2D eigenvalue weighted by Crippen LogP contribution is -2.36. The highest BCUT2D eigenvalue weighted by Gasteiger charge is 2.46. The first-order chi connectivity index (χ1) is 33.7. The van der Waals surface area contributed by atoms with Crippen molar-refractivity contribution in [1.82, 2.24) is 9.55 Å². The molecule has 0 spiro atoms. The van der Waals surface area contributed by atoms with Crippen molar-refractivity contribution in [3.63, 3.8) is 0 Å². The molecule has 1 aromatic rings. The molecule has 2 rings (SSSR count). The van der Waals surface area contributed by atoms with Crippen LogP contribution in [0.4, 0.5) is 5.82 Å². The highest BCUT2D eigenvalue weighted by atomic mass is 31.3. The summed E-state index contributed by atoms with van der Waals surface area (Å²) in [5.74, 6) is -1.32. The Balaban J connectivity index is 1.81. The number of nitrogen functional groups attached to an aromatic ring is 1. The van der Waals surface area contributed by atoms with Crippen LogP contribution < -0.4 is 11.4 Å². The number of ether oxygens (including phenoxy) is 3. The lowest BCUT2D eigenvalue weighted by atomic mass is 10.0. The predicted molar refractivity (Wildman–Crippen MR) is 270 cm³/mol. The molecule has 1 aromatic heterocycles. The minimum atomic E-state index is -5.43. The van der Waals surface area contributed by atoms with E-state index in [1.165, 1.54) is 70.3 Å². The third kappa shape index (κ3) is 30.6. The molecule has 0 radical (unpaired) electrons. The van der Waals surface area contributed by atoms with Crippen LogP contribution in [0.25, 0.3) is 0 Å². The van der Waals surface area contributed by atoms with Crippen molar-refractivity contribution in [2.45, 2.75) is 211 Å². The molecule has 1 aliphatic heterocycles. The highest BCUT2D eigenvalue weighted by molar-refractivity contribution is 7.61. The van der Waals surface area contributed by atoms with E-state index >= 15 is 0 Å². The number of rotatable bonds is 42. The van der Waals surface area contributed by atoms with E-state index in [0.29, 0.717) is 12.8 Å². The number of esters is 2. The Morgan fingerprint density at radius 2 is 1.20 bits per heavy atom. The molecule has 400 valence electrons. The number of phosphoric ester groups is 2. The van der Waals surface area contributed by atoms with Crippen LogP contribution in [-0.2, 0) is 46.3 Å². The van der Waals surface area contributed by atoms with Crippen LogP contribution in [0.2, 0.25) is 0 Å². The van der Waals surface area contributed by atoms with Gasteiger partial charge in [0.25, 0.3) is 0 Å². The Labute approximate surface area is 416 Å². The number of unbranched alkanes of at least 4 members (excludes halogenated alkanes) is 18. The first kappa shape index (κ1) is 62.8. The van der Waals surface area contributed by atoms with Crippen LogP contribution in [0.5, 0.6) is 0 Å². The Morgan fingerprint density at radius 1 is 0.700 bits per heavy atom. The number of allylic oxidation sites excluding steroid dienone is 8. The van der Waals surface area contributed by atoms with E-state index in [-0.39, 0.29) is 18.7 Å². The topological polar surface area (TPSA) is 265 Å². The minimum absolute atomic E-state index is 0.0225. The molecule has 70 heavy (non-hydrogen) atoms. The standard InChI is InChI=1S/C50H85N3O15P2/c1-3-5-7-9-11-13-15-17-19-20-22-24-26-28-30-32-34-36-46(55)66-42(39-63-45(54)35-33-31-29-27-25-23-21-18-16-14-12-10-8-6-4-2)40-64-69(59,60)68-70(61,62)65-41-43-47(56)48(57)49(67-43)53-38-37-44(51)52-50(53)58/h5,7,11,13,17,19,22,24,37-38,42-43,47-49,56-57H,3-4,6,8-10,12,14-16,18,20-21,23,25-36,39-41H2,1-2H3,(H,59,60)(H,61,62)(H2,51,52,58)/t42-,43-,47+,48?,49-/m1/s1. The molecule has 18 nitrogen and oxygen atoms in total. The van der Waals surface area contributed by atoms with Crippen molar-refractivity contribution in [2.75, 3.05) is 25.6 Å². The van der Waals surface area contributed by atoms with Gasteiger partial charge in [0.1, 0.15) is 30.7 Å². The molecule has 0 saturated carbocycles. The van der Waals surface area contributed by atoms with E-state index in [4.69, 9.17) is 29.0 Å². The van der Waals surface area contributed by atoms with Crippen molar-refractivity contribution in [2.24, 2.45) is 0 Å². The van der Waals surface area contributed by atoms with Gasteiger partial charge in [-0.1, -0.05) is 165 Å². The average Bonchev–Trinajstić information content (AvgIpc) is 3.59. The SMILES string of the molecule is CCC=CCC=CCC=CCC=CCCCCCCC(=O)O[C@H](COC(=O)CCCCCCCCCCCCCCCCC)COP(=O)(O)OP(=O)(O)OC[C@H]1O[C@@H](n2ccc(N)nc2=O)C(O)[C@H]1O. The molecule has 0 bridgehead atoms. The molecule has 2 heterocycles. The Kier molecular flexibility index (Phi) is 34.4. The van der Waals surface area contributed by atoms with Gasteiger partial charge in [0, 0.05) is 19.0 Å². The molecule has 1 aliphatic rings. The van der Waals surface area contributed by atoms with Gasteiger partial charge in [-0.25, -0.2) is 13.9 Å². The third-order valence-electron chi connectivity index (χ3n) is 11.4. The number of aliphatic hydroxyl groups is 2. The predicted octanol–water partition coefficient (Wildman–Crippen LogP) is 10.6. The van der Waals surface area contributed by atoms with Crippen molar-refractivity contribution < 1.29 is 66.3 Å². The molecule has 3 unspecified atom stereocenters. The monoisotopic (exact) mass is 1030 g/mol. The van der Waals surface area contributed by atoms with Crippen LogP contribution in [0.3, 0.4) is 0 Å². The summed E-state index contributed by atoms with van der Waals surface area (Å²) in [5, 5.41) is 20.9. The molecular formula is C50H85N3O15P2. The van der Waals surface area contributed by atoms with Crippen LogP contribution in [0.15, 0.2) is 65.7 Å². The molecule has 0 amide bonds. The fourth-order valence-electron chi connectivity index (χ4n) is 7.48. The van der Waals surface area contributed by atoms with Crippen molar-refractivity contribution in [1.29, 1.82) is 0 Å². The Bertz CT molecular complexity index is 1860.